The number of ether oxygens (including phenoxy) is 2. The Morgan fingerprint density at radius 2 is 1.69 bits per heavy atom. The van der Waals surface area contributed by atoms with Crippen LogP contribution in [0.2, 0.25) is 5.02 Å². The Kier molecular flexibility index (Phi) is 8.29. The van der Waals surface area contributed by atoms with E-state index < -0.39 is 6.10 Å². The molecule has 140 valence electrons. The maximum atomic E-state index is 12.3. The molecular formula is C21H26ClNO3. The van der Waals surface area contributed by atoms with Crippen molar-refractivity contribution in [1.29, 1.82) is 0 Å². The summed E-state index contributed by atoms with van der Waals surface area (Å²) in [4.78, 5) is 12.3. The molecule has 26 heavy (non-hydrogen) atoms. The number of aryl methyl sites for hydroxylation is 1. The van der Waals surface area contributed by atoms with E-state index in [2.05, 4.69) is 17.4 Å². The van der Waals surface area contributed by atoms with Gasteiger partial charge < -0.3 is 14.8 Å². The molecule has 1 amide bonds. The molecule has 0 aromatic heterocycles. The largest absolute Gasteiger partial charge is 0.494 e. The number of hydrogen-bond donors (Lipinski definition) is 1. The van der Waals surface area contributed by atoms with Crippen LogP contribution in [-0.2, 0) is 11.2 Å². The standard InChI is InChI=1S/C21H26ClNO3/c1-3-20(26-19-13-9-17(22)10-14-19)21(24)23-15-5-6-16-7-11-18(12-8-16)25-4-2/h7-14,20H,3-6,15H2,1-2H3,(H,23,24)/t20-/m1/s1. The minimum absolute atomic E-state index is 0.0888. The maximum Gasteiger partial charge on any atom is 0.261 e. The van der Waals surface area contributed by atoms with Crippen LogP contribution in [0.5, 0.6) is 11.5 Å². The third-order valence-corrected chi connectivity index (χ3v) is 4.18. The fourth-order valence-electron chi connectivity index (χ4n) is 2.54. The van der Waals surface area contributed by atoms with Crippen molar-refractivity contribution in [3.8, 4) is 11.5 Å². The van der Waals surface area contributed by atoms with E-state index in [-0.39, 0.29) is 5.91 Å². The van der Waals surface area contributed by atoms with Crippen LogP contribution in [0.15, 0.2) is 48.5 Å². The van der Waals surface area contributed by atoms with Crippen LogP contribution in [0, 0.1) is 0 Å². The summed E-state index contributed by atoms with van der Waals surface area (Å²) in [6, 6.07) is 15.1. The molecule has 1 atom stereocenters. The van der Waals surface area contributed by atoms with Gasteiger partial charge in [0.2, 0.25) is 0 Å². The van der Waals surface area contributed by atoms with Gasteiger partial charge in [-0.15, -0.1) is 0 Å². The lowest BCUT2D eigenvalue weighted by Crippen LogP contribution is -2.38. The molecule has 0 saturated carbocycles. The summed E-state index contributed by atoms with van der Waals surface area (Å²) in [5.41, 5.74) is 1.23. The molecular weight excluding hydrogens is 350 g/mol. The first kappa shape index (κ1) is 20.1. The van der Waals surface area contributed by atoms with Gasteiger partial charge in [0.1, 0.15) is 11.5 Å². The Hall–Kier alpha value is -2.20. The predicted molar refractivity (Wildman–Crippen MR) is 105 cm³/mol. The minimum atomic E-state index is -0.498. The van der Waals surface area contributed by atoms with Gasteiger partial charge in [-0.25, -0.2) is 0 Å². The van der Waals surface area contributed by atoms with Gasteiger partial charge in [0.05, 0.1) is 6.61 Å². The van der Waals surface area contributed by atoms with Gasteiger partial charge in [0.15, 0.2) is 6.10 Å². The van der Waals surface area contributed by atoms with E-state index in [4.69, 9.17) is 21.1 Å². The van der Waals surface area contributed by atoms with Crippen molar-refractivity contribution >= 4 is 17.5 Å². The number of nitrogens with one attached hydrogen (secondary N) is 1. The monoisotopic (exact) mass is 375 g/mol. The summed E-state index contributed by atoms with van der Waals surface area (Å²) >= 11 is 5.86. The summed E-state index contributed by atoms with van der Waals surface area (Å²) in [5.74, 6) is 1.44. The number of rotatable bonds is 10. The molecule has 2 aromatic carbocycles. The van der Waals surface area contributed by atoms with Crippen molar-refractivity contribution in [2.24, 2.45) is 0 Å². The van der Waals surface area contributed by atoms with E-state index in [1.807, 2.05) is 26.0 Å². The molecule has 0 aliphatic carbocycles. The molecule has 0 unspecified atom stereocenters. The fourth-order valence-corrected chi connectivity index (χ4v) is 2.66. The molecule has 0 aliphatic heterocycles. The van der Waals surface area contributed by atoms with Crippen LogP contribution in [0.1, 0.15) is 32.3 Å². The van der Waals surface area contributed by atoms with Gasteiger partial charge >= 0.3 is 0 Å². The highest BCUT2D eigenvalue weighted by atomic mass is 35.5. The van der Waals surface area contributed by atoms with E-state index in [9.17, 15) is 4.79 Å². The topological polar surface area (TPSA) is 47.6 Å². The van der Waals surface area contributed by atoms with Crippen molar-refractivity contribution in [1.82, 2.24) is 5.32 Å². The molecule has 1 N–H and O–H groups in total. The number of carbonyl (C=O) groups is 1. The van der Waals surface area contributed by atoms with Gasteiger partial charge in [-0.1, -0.05) is 30.7 Å². The first-order valence-electron chi connectivity index (χ1n) is 9.04. The Balaban J connectivity index is 1.73. The van der Waals surface area contributed by atoms with Crippen LogP contribution in [0.3, 0.4) is 0 Å². The lowest BCUT2D eigenvalue weighted by atomic mass is 10.1. The number of benzene rings is 2. The third-order valence-electron chi connectivity index (χ3n) is 3.93. The molecule has 0 fully saturated rings. The summed E-state index contributed by atoms with van der Waals surface area (Å²) in [7, 11) is 0. The van der Waals surface area contributed by atoms with E-state index >= 15 is 0 Å². The van der Waals surface area contributed by atoms with Crippen LogP contribution in [-0.4, -0.2) is 25.2 Å². The fraction of sp³-hybridized carbons (Fsp3) is 0.381. The zero-order valence-electron chi connectivity index (χ0n) is 15.3. The average molecular weight is 376 g/mol. The molecule has 0 bridgehead atoms. The Morgan fingerprint density at radius 3 is 2.31 bits per heavy atom. The molecule has 5 heteroatoms. The van der Waals surface area contributed by atoms with E-state index in [1.54, 1.807) is 24.3 Å². The average Bonchev–Trinajstić information content (AvgIpc) is 2.66. The van der Waals surface area contributed by atoms with Crippen LogP contribution < -0.4 is 14.8 Å². The number of amides is 1. The molecule has 2 aromatic rings. The van der Waals surface area contributed by atoms with Gasteiger partial charge in [0, 0.05) is 11.6 Å². The van der Waals surface area contributed by atoms with Crippen molar-refractivity contribution in [2.75, 3.05) is 13.2 Å². The zero-order valence-corrected chi connectivity index (χ0v) is 16.1. The molecule has 2 rings (SSSR count). The lowest BCUT2D eigenvalue weighted by Gasteiger charge is -2.17. The Bertz CT molecular complexity index is 671. The number of hydrogen-bond acceptors (Lipinski definition) is 3. The van der Waals surface area contributed by atoms with Crippen LogP contribution >= 0.6 is 11.6 Å². The van der Waals surface area contributed by atoms with Gasteiger partial charge in [0.25, 0.3) is 5.91 Å². The number of halogens is 1. The van der Waals surface area contributed by atoms with Crippen molar-refractivity contribution < 1.29 is 14.3 Å². The summed E-state index contributed by atoms with van der Waals surface area (Å²) < 4.78 is 11.2. The minimum Gasteiger partial charge on any atom is -0.494 e. The molecule has 0 radical (unpaired) electrons. The quantitative estimate of drug-likeness (QED) is 0.615. The maximum absolute atomic E-state index is 12.3. The highest BCUT2D eigenvalue weighted by molar-refractivity contribution is 6.30. The molecule has 0 saturated heterocycles. The summed E-state index contributed by atoms with van der Waals surface area (Å²) in [6.07, 6.45) is 1.88. The second kappa shape index (κ2) is 10.7. The first-order valence-corrected chi connectivity index (χ1v) is 9.41. The first-order chi connectivity index (χ1) is 12.6. The van der Waals surface area contributed by atoms with E-state index in [0.717, 1.165) is 18.6 Å². The summed E-state index contributed by atoms with van der Waals surface area (Å²) in [6.45, 7) is 5.19. The van der Waals surface area contributed by atoms with Gasteiger partial charge in [-0.2, -0.15) is 0 Å². The van der Waals surface area contributed by atoms with Gasteiger partial charge in [-0.3, -0.25) is 4.79 Å². The smallest absolute Gasteiger partial charge is 0.261 e. The van der Waals surface area contributed by atoms with Crippen LogP contribution in [0.25, 0.3) is 0 Å². The Labute approximate surface area is 160 Å². The SMILES string of the molecule is CCOc1ccc(CCCNC(=O)[C@@H](CC)Oc2ccc(Cl)cc2)cc1. The van der Waals surface area contributed by atoms with Crippen molar-refractivity contribution in [2.45, 2.75) is 39.2 Å². The van der Waals surface area contributed by atoms with Crippen LogP contribution in [0.4, 0.5) is 0 Å². The van der Waals surface area contributed by atoms with E-state index in [1.165, 1.54) is 5.56 Å². The van der Waals surface area contributed by atoms with E-state index in [0.29, 0.717) is 30.3 Å². The lowest BCUT2D eigenvalue weighted by molar-refractivity contribution is -0.128. The second-order valence-electron chi connectivity index (χ2n) is 5.94. The Morgan fingerprint density at radius 1 is 1.04 bits per heavy atom. The highest BCUT2D eigenvalue weighted by Gasteiger charge is 2.17. The van der Waals surface area contributed by atoms with Crippen molar-refractivity contribution in [3.05, 3.63) is 59.1 Å². The summed E-state index contributed by atoms with van der Waals surface area (Å²) in [5, 5.41) is 3.60. The second-order valence-corrected chi connectivity index (χ2v) is 6.38. The normalized spacial score (nSPS) is 11.7. The van der Waals surface area contributed by atoms with Crippen molar-refractivity contribution in [3.63, 3.8) is 0 Å². The molecule has 4 nitrogen and oxygen atoms in total. The predicted octanol–water partition coefficient (Wildman–Crippen LogP) is 4.65. The molecule has 0 spiro atoms. The number of carbonyl (C=O) groups excluding carboxylic acids is 1. The highest BCUT2D eigenvalue weighted by Crippen LogP contribution is 2.18. The van der Waals surface area contributed by atoms with Gasteiger partial charge in [-0.05, 0) is 68.1 Å². The third kappa shape index (κ3) is 6.60. The molecule has 0 heterocycles. The molecule has 0 aliphatic rings. The zero-order chi connectivity index (χ0) is 18.8.